The number of nitrogen functional groups attached to an aromatic ring is 1. The lowest BCUT2D eigenvalue weighted by atomic mass is 10.0. The number of hydrogen-bond acceptors (Lipinski definition) is 5. The van der Waals surface area contributed by atoms with Gasteiger partial charge >= 0.3 is 0 Å². The number of carbonyl (C=O) groups excluding carboxylic acids is 1. The van der Waals surface area contributed by atoms with Crippen molar-refractivity contribution in [1.82, 2.24) is 15.3 Å². The monoisotopic (exact) mass is 314 g/mol. The van der Waals surface area contributed by atoms with Gasteiger partial charge in [0.05, 0.1) is 23.1 Å². The van der Waals surface area contributed by atoms with E-state index in [4.69, 9.17) is 10.5 Å². The van der Waals surface area contributed by atoms with Crippen LogP contribution in [0.3, 0.4) is 0 Å². The fourth-order valence-electron chi connectivity index (χ4n) is 2.31. The summed E-state index contributed by atoms with van der Waals surface area (Å²) in [6.45, 7) is 8.06. The van der Waals surface area contributed by atoms with E-state index in [9.17, 15) is 4.79 Å². The van der Waals surface area contributed by atoms with Crippen molar-refractivity contribution in [2.24, 2.45) is 0 Å². The predicted molar refractivity (Wildman–Crippen MR) is 90.4 cm³/mol. The average Bonchev–Trinajstić information content (AvgIpc) is 2.46. The molecule has 0 aliphatic heterocycles. The number of anilines is 1. The molecule has 0 saturated heterocycles. The molecular weight excluding hydrogens is 292 g/mol. The van der Waals surface area contributed by atoms with Crippen LogP contribution in [-0.2, 0) is 0 Å². The number of hydrogen-bond donors (Lipinski definition) is 2. The van der Waals surface area contributed by atoms with E-state index >= 15 is 0 Å². The van der Waals surface area contributed by atoms with Crippen LogP contribution in [0.4, 0.5) is 5.95 Å². The third-order valence-corrected chi connectivity index (χ3v) is 3.15. The van der Waals surface area contributed by atoms with Gasteiger partial charge in [0.1, 0.15) is 5.75 Å². The molecule has 1 heterocycles. The van der Waals surface area contributed by atoms with Crippen LogP contribution in [0.1, 0.15) is 36.8 Å². The fourth-order valence-corrected chi connectivity index (χ4v) is 2.31. The average molecular weight is 314 g/mol. The summed E-state index contributed by atoms with van der Waals surface area (Å²) < 4.78 is 5.71. The Balaban J connectivity index is 2.56. The van der Waals surface area contributed by atoms with E-state index in [-0.39, 0.29) is 18.0 Å². The summed E-state index contributed by atoms with van der Waals surface area (Å²) in [7, 11) is 0. The van der Waals surface area contributed by atoms with Crippen molar-refractivity contribution in [3.05, 3.63) is 35.5 Å². The Morgan fingerprint density at radius 1 is 1.35 bits per heavy atom. The van der Waals surface area contributed by atoms with E-state index in [2.05, 4.69) is 15.3 Å². The van der Waals surface area contributed by atoms with Gasteiger partial charge in [-0.3, -0.25) is 4.79 Å². The third kappa shape index (κ3) is 3.97. The zero-order valence-electron chi connectivity index (χ0n) is 13.9. The Hall–Kier alpha value is -2.63. The van der Waals surface area contributed by atoms with Crippen LogP contribution in [0, 0.1) is 6.92 Å². The molecule has 23 heavy (non-hydrogen) atoms. The Morgan fingerprint density at radius 3 is 2.74 bits per heavy atom. The van der Waals surface area contributed by atoms with Gasteiger partial charge in [0.25, 0.3) is 5.91 Å². The minimum absolute atomic E-state index is 0.0605. The van der Waals surface area contributed by atoms with Crippen molar-refractivity contribution >= 4 is 11.9 Å². The fraction of sp³-hybridized carbons (Fsp3) is 0.353. The van der Waals surface area contributed by atoms with Crippen molar-refractivity contribution in [3.63, 3.8) is 0 Å². The smallest absolute Gasteiger partial charge is 0.255 e. The number of aryl methyl sites for hydroxylation is 1. The van der Waals surface area contributed by atoms with Crippen LogP contribution in [0.5, 0.6) is 5.75 Å². The number of carbonyl (C=O) groups is 1. The zero-order valence-corrected chi connectivity index (χ0v) is 13.9. The van der Waals surface area contributed by atoms with Gasteiger partial charge in [-0.2, -0.15) is 0 Å². The van der Waals surface area contributed by atoms with Crippen molar-refractivity contribution in [3.8, 4) is 17.0 Å². The Kier molecular flexibility index (Phi) is 5.16. The number of nitrogens with two attached hydrogens (primary N) is 1. The zero-order chi connectivity index (χ0) is 17.0. The molecule has 1 aromatic carbocycles. The highest BCUT2D eigenvalue weighted by atomic mass is 16.5. The molecule has 0 atom stereocenters. The molecule has 6 nitrogen and oxygen atoms in total. The first-order valence-corrected chi connectivity index (χ1v) is 7.61. The number of nitrogens with one attached hydrogen (secondary N) is 1. The number of amides is 1. The highest BCUT2D eigenvalue weighted by Gasteiger charge is 2.19. The molecule has 122 valence electrons. The first-order chi connectivity index (χ1) is 10.9. The van der Waals surface area contributed by atoms with Crippen molar-refractivity contribution in [2.45, 2.75) is 33.8 Å². The summed E-state index contributed by atoms with van der Waals surface area (Å²) in [6.07, 6.45) is 0.0605. The summed E-state index contributed by atoms with van der Waals surface area (Å²) in [5.74, 6) is 0.644. The molecule has 3 N–H and O–H groups in total. The molecule has 2 rings (SSSR count). The van der Waals surface area contributed by atoms with Gasteiger partial charge in [0.15, 0.2) is 0 Å². The van der Waals surface area contributed by atoms with Gasteiger partial charge in [-0.25, -0.2) is 9.97 Å². The molecule has 0 radical (unpaired) electrons. The number of benzene rings is 1. The second kappa shape index (κ2) is 7.09. The van der Waals surface area contributed by atoms with Gasteiger partial charge < -0.3 is 15.8 Å². The van der Waals surface area contributed by atoms with Crippen LogP contribution >= 0.6 is 0 Å². The van der Waals surface area contributed by atoms with Crippen LogP contribution < -0.4 is 15.8 Å². The second-order valence-corrected chi connectivity index (χ2v) is 5.44. The van der Waals surface area contributed by atoms with Crippen molar-refractivity contribution in [2.75, 3.05) is 12.3 Å². The molecule has 1 aromatic heterocycles. The Labute approximate surface area is 136 Å². The van der Waals surface area contributed by atoms with E-state index in [1.54, 1.807) is 6.92 Å². The molecule has 6 heteroatoms. The summed E-state index contributed by atoms with van der Waals surface area (Å²) in [5, 5.41) is 2.79. The Morgan fingerprint density at radius 2 is 2.09 bits per heavy atom. The summed E-state index contributed by atoms with van der Waals surface area (Å²) in [5.41, 5.74) is 8.03. The molecule has 0 saturated carbocycles. The Bertz CT molecular complexity index is 714. The molecule has 2 aromatic rings. The summed E-state index contributed by atoms with van der Waals surface area (Å²) in [6, 6.07) is 7.45. The van der Waals surface area contributed by atoms with E-state index in [1.165, 1.54) is 0 Å². The van der Waals surface area contributed by atoms with Gasteiger partial charge in [-0.15, -0.1) is 0 Å². The molecule has 1 amide bonds. The van der Waals surface area contributed by atoms with E-state index < -0.39 is 0 Å². The normalized spacial score (nSPS) is 10.7. The number of nitrogens with zero attached hydrogens (tertiary/aromatic N) is 2. The largest absolute Gasteiger partial charge is 0.491 e. The maximum atomic E-state index is 12.4. The molecule has 0 aliphatic carbocycles. The van der Waals surface area contributed by atoms with E-state index in [0.717, 1.165) is 5.56 Å². The van der Waals surface area contributed by atoms with Gasteiger partial charge in [-0.05, 0) is 39.8 Å². The van der Waals surface area contributed by atoms with Crippen LogP contribution in [0.15, 0.2) is 24.3 Å². The minimum Gasteiger partial charge on any atom is -0.491 e. The van der Waals surface area contributed by atoms with Crippen molar-refractivity contribution < 1.29 is 9.53 Å². The molecular formula is C17H22N4O2. The standard InChI is InChI=1S/C17H22N4O2/c1-5-19-16(22)14-11(4)20-17(18)21-15(14)12-7-6-8-13(9-12)23-10(2)3/h6-10H,5H2,1-4H3,(H,19,22)(H2,18,20,21). The highest BCUT2D eigenvalue weighted by molar-refractivity contribution is 6.01. The van der Waals surface area contributed by atoms with Gasteiger partial charge in [0, 0.05) is 12.1 Å². The molecule has 0 aliphatic rings. The van der Waals surface area contributed by atoms with Crippen LogP contribution in [0.2, 0.25) is 0 Å². The number of ether oxygens (including phenoxy) is 1. The van der Waals surface area contributed by atoms with Gasteiger partial charge in [0.2, 0.25) is 5.95 Å². The third-order valence-electron chi connectivity index (χ3n) is 3.15. The minimum atomic E-state index is -0.213. The molecule has 0 bridgehead atoms. The number of aromatic nitrogens is 2. The highest BCUT2D eigenvalue weighted by Crippen LogP contribution is 2.27. The number of rotatable bonds is 5. The summed E-state index contributed by atoms with van der Waals surface area (Å²) >= 11 is 0. The topological polar surface area (TPSA) is 90.1 Å². The lowest BCUT2D eigenvalue weighted by Crippen LogP contribution is -2.25. The van der Waals surface area contributed by atoms with Crippen molar-refractivity contribution in [1.29, 1.82) is 0 Å². The molecule has 0 spiro atoms. The lowest BCUT2D eigenvalue weighted by molar-refractivity contribution is 0.0955. The van der Waals surface area contributed by atoms with E-state index in [1.807, 2.05) is 45.0 Å². The quantitative estimate of drug-likeness (QED) is 0.885. The molecule has 0 fully saturated rings. The van der Waals surface area contributed by atoms with Crippen LogP contribution in [-0.4, -0.2) is 28.5 Å². The van der Waals surface area contributed by atoms with Gasteiger partial charge in [-0.1, -0.05) is 12.1 Å². The summed E-state index contributed by atoms with van der Waals surface area (Å²) in [4.78, 5) is 20.8. The van der Waals surface area contributed by atoms with E-state index in [0.29, 0.717) is 29.2 Å². The second-order valence-electron chi connectivity index (χ2n) is 5.44. The maximum absolute atomic E-state index is 12.4. The maximum Gasteiger partial charge on any atom is 0.255 e. The van der Waals surface area contributed by atoms with Crippen LogP contribution in [0.25, 0.3) is 11.3 Å². The lowest BCUT2D eigenvalue weighted by Gasteiger charge is -2.14. The predicted octanol–water partition coefficient (Wildman–Crippen LogP) is 2.57. The first kappa shape index (κ1) is 16.7. The first-order valence-electron chi connectivity index (χ1n) is 7.61. The molecule has 0 unspecified atom stereocenters. The SMILES string of the molecule is CCNC(=O)c1c(C)nc(N)nc1-c1cccc(OC(C)C)c1.